The fourth-order valence-electron chi connectivity index (χ4n) is 1.02. The van der Waals surface area contributed by atoms with E-state index in [0.29, 0.717) is 0 Å². The smallest absolute Gasteiger partial charge is 0.404 e. The largest absolute Gasteiger partial charge is 0.445 e. The molecule has 0 saturated carbocycles. The Bertz CT molecular complexity index is 177. The second-order valence-corrected chi connectivity index (χ2v) is 3.23. The Hall–Kier alpha value is -0.460. The van der Waals surface area contributed by atoms with Crippen molar-refractivity contribution >= 4 is 18.7 Å². The molecule has 70 valence electrons. The second kappa shape index (κ2) is 3.97. The van der Waals surface area contributed by atoms with Crippen LogP contribution in [0.3, 0.4) is 0 Å². The molecule has 0 spiro atoms. The third-order valence-corrected chi connectivity index (χ3v) is 2.07. The lowest BCUT2D eigenvalue weighted by Crippen LogP contribution is -2.41. The Kier molecular flexibility index (Phi) is 3.19. The van der Waals surface area contributed by atoms with Crippen molar-refractivity contribution in [3.63, 3.8) is 0 Å². The molecule has 1 fully saturated rings. The summed E-state index contributed by atoms with van der Waals surface area (Å²) in [7, 11) is 0. The highest BCUT2D eigenvalue weighted by atomic mass is 32.1. The van der Waals surface area contributed by atoms with Gasteiger partial charge in [0.2, 0.25) is 0 Å². The maximum absolute atomic E-state index is 10.4. The van der Waals surface area contributed by atoms with Crippen LogP contribution in [0.2, 0.25) is 0 Å². The summed E-state index contributed by atoms with van der Waals surface area (Å²) in [6, 6.07) is 0. The molecule has 0 aliphatic carbocycles. The zero-order valence-corrected chi connectivity index (χ0v) is 7.24. The molecule has 1 saturated heterocycles. The van der Waals surface area contributed by atoms with Crippen LogP contribution in [0, 0.1) is 0 Å². The summed E-state index contributed by atoms with van der Waals surface area (Å²) >= 11 is 4.10. The van der Waals surface area contributed by atoms with Crippen molar-refractivity contribution in [1.82, 2.24) is 0 Å². The lowest BCUT2D eigenvalue weighted by Gasteiger charge is -2.30. The Morgan fingerprint density at radius 1 is 1.75 bits per heavy atom. The minimum Gasteiger partial charge on any atom is -0.445 e. The van der Waals surface area contributed by atoms with Crippen LogP contribution >= 0.6 is 12.6 Å². The lowest BCUT2D eigenvalue weighted by atomic mass is 10.1. The zero-order valence-electron chi connectivity index (χ0n) is 6.34. The maximum atomic E-state index is 10.4. The van der Waals surface area contributed by atoms with E-state index in [1.807, 2.05) is 0 Å². The Morgan fingerprint density at radius 3 is 3.00 bits per heavy atom. The van der Waals surface area contributed by atoms with Crippen molar-refractivity contribution in [2.75, 3.05) is 6.61 Å². The molecule has 1 amide bonds. The summed E-state index contributed by atoms with van der Waals surface area (Å²) in [6.45, 7) is 0.252. The summed E-state index contributed by atoms with van der Waals surface area (Å²) in [6.07, 6.45) is -1.99. The van der Waals surface area contributed by atoms with Crippen LogP contribution in [0.15, 0.2) is 0 Å². The van der Waals surface area contributed by atoms with Gasteiger partial charge in [-0.05, 0) is 0 Å². The third kappa shape index (κ3) is 2.54. The number of primary amides is 1. The van der Waals surface area contributed by atoms with Crippen LogP contribution in [0.5, 0.6) is 0 Å². The highest BCUT2D eigenvalue weighted by Crippen LogP contribution is 2.19. The van der Waals surface area contributed by atoms with Gasteiger partial charge >= 0.3 is 6.09 Å². The van der Waals surface area contributed by atoms with Crippen molar-refractivity contribution in [3.8, 4) is 0 Å². The van der Waals surface area contributed by atoms with Crippen molar-refractivity contribution in [3.05, 3.63) is 0 Å². The van der Waals surface area contributed by atoms with E-state index >= 15 is 0 Å². The summed E-state index contributed by atoms with van der Waals surface area (Å²) < 4.78 is 9.55. The molecule has 3 N–H and O–H groups in total. The molecule has 3 atom stereocenters. The van der Waals surface area contributed by atoms with Gasteiger partial charge < -0.3 is 20.3 Å². The van der Waals surface area contributed by atoms with Gasteiger partial charge in [-0.15, -0.1) is 0 Å². The van der Waals surface area contributed by atoms with Gasteiger partial charge in [-0.2, -0.15) is 12.6 Å². The van der Waals surface area contributed by atoms with E-state index in [-0.39, 0.29) is 18.3 Å². The van der Waals surface area contributed by atoms with Gasteiger partial charge in [-0.1, -0.05) is 0 Å². The average Bonchev–Trinajstić information content (AvgIpc) is 1.96. The van der Waals surface area contributed by atoms with Gasteiger partial charge in [-0.25, -0.2) is 4.79 Å². The van der Waals surface area contributed by atoms with E-state index in [4.69, 9.17) is 20.3 Å². The normalized spacial score (nSPS) is 36.0. The van der Waals surface area contributed by atoms with Crippen molar-refractivity contribution < 1.29 is 19.4 Å². The number of aliphatic hydroxyl groups is 1. The van der Waals surface area contributed by atoms with E-state index in [0.717, 1.165) is 0 Å². The standard InChI is InChI=1S/C6H11NO4S/c7-6(9)11-3-1-5(8)10-2-4(3)12/h3-5,8,12H,1-2H2,(H2,7,9). The maximum Gasteiger partial charge on any atom is 0.404 e. The fourth-order valence-corrected chi connectivity index (χ4v) is 1.29. The number of ether oxygens (including phenoxy) is 2. The average molecular weight is 193 g/mol. The molecule has 0 aromatic rings. The topological polar surface area (TPSA) is 81.8 Å². The number of thiol groups is 1. The Morgan fingerprint density at radius 2 is 2.42 bits per heavy atom. The molecular formula is C6H11NO4S. The number of carbonyl (C=O) groups excluding carboxylic acids is 1. The molecule has 1 aliphatic rings. The number of hydrogen-bond acceptors (Lipinski definition) is 5. The molecular weight excluding hydrogens is 182 g/mol. The molecule has 1 rings (SSSR count). The minimum absolute atomic E-state index is 0.219. The molecule has 1 heterocycles. The van der Waals surface area contributed by atoms with E-state index in [9.17, 15) is 4.79 Å². The van der Waals surface area contributed by atoms with Gasteiger partial charge in [0.05, 0.1) is 11.9 Å². The van der Waals surface area contributed by atoms with Gasteiger partial charge in [0, 0.05) is 6.42 Å². The van der Waals surface area contributed by atoms with Crippen LogP contribution in [0.4, 0.5) is 4.79 Å². The molecule has 1 aliphatic heterocycles. The van der Waals surface area contributed by atoms with Gasteiger partial charge in [0.25, 0.3) is 0 Å². The van der Waals surface area contributed by atoms with E-state index in [2.05, 4.69) is 12.6 Å². The van der Waals surface area contributed by atoms with Crippen LogP contribution in [-0.4, -0.2) is 35.5 Å². The number of carbonyl (C=O) groups is 1. The van der Waals surface area contributed by atoms with E-state index < -0.39 is 18.5 Å². The highest BCUT2D eigenvalue weighted by Gasteiger charge is 2.30. The number of rotatable bonds is 1. The molecule has 0 radical (unpaired) electrons. The summed E-state index contributed by atoms with van der Waals surface area (Å²) in [4.78, 5) is 10.4. The first-order valence-electron chi connectivity index (χ1n) is 3.53. The quantitative estimate of drug-likeness (QED) is 0.490. The SMILES string of the molecule is NC(=O)OC1CC(O)OCC1S. The summed E-state index contributed by atoms with van der Waals surface area (Å²) in [5.41, 5.74) is 4.81. The van der Waals surface area contributed by atoms with E-state index in [1.54, 1.807) is 0 Å². The number of nitrogens with two attached hydrogens (primary N) is 1. The van der Waals surface area contributed by atoms with E-state index in [1.165, 1.54) is 0 Å². The second-order valence-electron chi connectivity index (χ2n) is 2.57. The minimum atomic E-state index is -0.891. The van der Waals surface area contributed by atoms with Crippen molar-refractivity contribution in [1.29, 1.82) is 0 Å². The number of aliphatic hydroxyl groups excluding tert-OH is 1. The van der Waals surface area contributed by atoms with Gasteiger partial charge in [0.1, 0.15) is 6.10 Å². The Balaban J connectivity index is 2.43. The van der Waals surface area contributed by atoms with Gasteiger partial charge in [0.15, 0.2) is 6.29 Å². The first kappa shape index (κ1) is 9.63. The predicted molar refractivity (Wildman–Crippen MR) is 43.8 cm³/mol. The molecule has 6 heteroatoms. The summed E-state index contributed by atoms with van der Waals surface area (Å²) in [5.74, 6) is 0. The molecule has 0 aromatic carbocycles. The van der Waals surface area contributed by atoms with Crippen LogP contribution in [0.1, 0.15) is 6.42 Å². The highest BCUT2D eigenvalue weighted by molar-refractivity contribution is 7.81. The van der Waals surface area contributed by atoms with Crippen LogP contribution in [-0.2, 0) is 9.47 Å². The fraction of sp³-hybridized carbons (Fsp3) is 0.833. The number of amides is 1. The molecule has 5 nitrogen and oxygen atoms in total. The first-order chi connectivity index (χ1) is 5.59. The summed E-state index contributed by atoms with van der Waals surface area (Å²) in [5, 5.41) is 8.80. The molecule has 3 unspecified atom stereocenters. The monoisotopic (exact) mass is 193 g/mol. The van der Waals surface area contributed by atoms with Crippen molar-refractivity contribution in [2.45, 2.75) is 24.1 Å². The van der Waals surface area contributed by atoms with Crippen LogP contribution in [0.25, 0.3) is 0 Å². The molecule has 0 aromatic heterocycles. The Labute approximate surface area is 75.2 Å². The molecule has 12 heavy (non-hydrogen) atoms. The van der Waals surface area contributed by atoms with Crippen molar-refractivity contribution in [2.24, 2.45) is 5.73 Å². The first-order valence-corrected chi connectivity index (χ1v) is 4.05. The lowest BCUT2D eigenvalue weighted by molar-refractivity contribution is -0.149. The number of hydrogen-bond donors (Lipinski definition) is 3. The van der Waals surface area contributed by atoms with Crippen LogP contribution < -0.4 is 5.73 Å². The molecule has 0 bridgehead atoms. The zero-order chi connectivity index (χ0) is 9.14. The van der Waals surface area contributed by atoms with Gasteiger partial charge in [-0.3, -0.25) is 0 Å². The predicted octanol–water partition coefficient (Wildman–Crippen LogP) is -0.513. The third-order valence-electron chi connectivity index (χ3n) is 1.59.